The van der Waals surface area contributed by atoms with Crippen molar-refractivity contribution >= 4 is 5.95 Å². The van der Waals surface area contributed by atoms with Gasteiger partial charge in [0, 0.05) is 12.7 Å². The van der Waals surface area contributed by atoms with Crippen LogP contribution in [0.2, 0.25) is 0 Å². The Balaban J connectivity index is 2.53. The Morgan fingerprint density at radius 3 is 2.83 bits per heavy atom. The Morgan fingerprint density at radius 2 is 2.22 bits per heavy atom. The quantitative estimate of drug-likeness (QED) is 0.639. The van der Waals surface area contributed by atoms with Gasteiger partial charge in [0.2, 0.25) is 5.95 Å². The van der Waals surface area contributed by atoms with E-state index in [1.807, 2.05) is 6.92 Å². The number of hydrogen-bond acceptors (Lipinski definition) is 5. The number of nitrogens with zero attached hydrogens (tertiary/aromatic N) is 4. The fraction of sp³-hybridized carbons (Fsp3) is 0.300. The fourth-order valence-electron chi connectivity index (χ4n) is 1.58. The highest BCUT2D eigenvalue weighted by Crippen LogP contribution is 2.24. The molecule has 3 N–H and O–H groups in total. The Bertz CT molecular complexity index is 539. The molecule has 0 unspecified atom stereocenters. The van der Waals surface area contributed by atoms with Gasteiger partial charge in [-0.15, -0.1) is 0 Å². The van der Waals surface area contributed by atoms with E-state index in [9.17, 15) is 8.78 Å². The van der Waals surface area contributed by atoms with Gasteiger partial charge in [-0.2, -0.15) is 5.10 Å². The smallest absolute Gasteiger partial charge is 0.280 e. The lowest BCUT2D eigenvalue weighted by atomic mass is 10.2. The maximum Gasteiger partial charge on any atom is 0.280 e. The minimum atomic E-state index is -2.68. The molecule has 0 saturated carbocycles. The van der Waals surface area contributed by atoms with Crippen LogP contribution < -0.4 is 11.3 Å². The van der Waals surface area contributed by atoms with Crippen molar-refractivity contribution in [2.75, 3.05) is 5.43 Å². The number of halogens is 2. The Hall–Kier alpha value is -2.09. The van der Waals surface area contributed by atoms with Crippen LogP contribution in [0, 0.1) is 0 Å². The molecule has 6 nitrogen and oxygen atoms in total. The number of aromatic nitrogens is 4. The van der Waals surface area contributed by atoms with Crippen LogP contribution in [0.1, 0.15) is 19.0 Å². The lowest BCUT2D eigenvalue weighted by Gasteiger charge is -2.08. The number of nitrogens with two attached hydrogens (primary N) is 1. The summed E-state index contributed by atoms with van der Waals surface area (Å²) in [6.07, 6.45) is -1.10. The van der Waals surface area contributed by atoms with Gasteiger partial charge < -0.3 is 0 Å². The lowest BCUT2D eigenvalue weighted by Crippen LogP contribution is -2.12. The van der Waals surface area contributed by atoms with Gasteiger partial charge in [0.1, 0.15) is 5.69 Å². The number of nitrogen functional groups attached to an aromatic ring is 1. The summed E-state index contributed by atoms with van der Waals surface area (Å²) in [6, 6.07) is 2.93. The predicted octanol–water partition coefficient (Wildman–Crippen LogP) is 1.58. The number of rotatable bonds is 4. The highest BCUT2D eigenvalue weighted by molar-refractivity contribution is 5.56. The SMILES string of the molecule is CCn1nccc1-c1cc(C(F)F)nc(NN)n1. The molecule has 0 aliphatic heterocycles. The van der Waals surface area contributed by atoms with Crippen molar-refractivity contribution in [2.45, 2.75) is 19.9 Å². The summed E-state index contributed by atoms with van der Waals surface area (Å²) in [6.45, 7) is 2.51. The van der Waals surface area contributed by atoms with Crippen molar-refractivity contribution in [1.29, 1.82) is 0 Å². The van der Waals surface area contributed by atoms with Gasteiger partial charge in [-0.25, -0.2) is 24.6 Å². The number of anilines is 1. The summed E-state index contributed by atoms with van der Waals surface area (Å²) in [5.41, 5.74) is 2.79. The maximum absolute atomic E-state index is 12.7. The van der Waals surface area contributed by atoms with Crippen LogP contribution in [0.5, 0.6) is 0 Å². The monoisotopic (exact) mass is 254 g/mol. The van der Waals surface area contributed by atoms with E-state index in [0.717, 1.165) is 0 Å². The number of hydrogen-bond donors (Lipinski definition) is 2. The summed E-state index contributed by atoms with van der Waals surface area (Å²) in [4.78, 5) is 7.63. The van der Waals surface area contributed by atoms with Crippen molar-refractivity contribution in [2.24, 2.45) is 5.84 Å². The Morgan fingerprint density at radius 1 is 1.44 bits per heavy atom. The third-order valence-corrected chi connectivity index (χ3v) is 2.38. The van der Waals surface area contributed by atoms with Crippen LogP contribution in [0.4, 0.5) is 14.7 Å². The van der Waals surface area contributed by atoms with E-state index >= 15 is 0 Å². The first-order chi connectivity index (χ1) is 8.65. The van der Waals surface area contributed by atoms with E-state index in [1.165, 1.54) is 6.07 Å². The molecular formula is C10H12F2N6. The second-order valence-corrected chi connectivity index (χ2v) is 3.48. The van der Waals surface area contributed by atoms with Crippen LogP contribution >= 0.6 is 0 Å². The van der Waals surface area contributed by atoms with Crippen molar-refractivity contribution < 1.29 is 8.78 Å². The first-order valence-corrected chi connectivity index (χ1v) is 5.31. The Labute approximate surface area is 102 Å². The first-order valence-electron chi connectivity index (χ1n) is 5.31. The minimum absolute atomic E-state index is 0.0494. The molecular weight excluding hydrogens is 242 g/mol. The minimum Gasteiger partial charge on any atom is -0.292 e. The molecule has 2 aromatic rings. The van der Waals surface area contributed by atoms with Gasteiger partial charge in [-0.1, -0.05) is 0 Å². The van der Waals surface area contributed by atoms with Crippen LogP contribution in [-0.4, -0.2) is 19.7 Å². The van der Waals surface area contributed by atoms with Gasteiger partial charge >= 0.3 is 0 Å². The normalized spacial score (nSPS) is 10.9. The molecule has 0 fully saturated rings. The van der Waals surface area contributed by atoms with Gasteiger partial charge in [0.25, 0.3) is 6.43 Å². The van der Waals surface area contributed by atoms with Gasteiger partial charge in [-0.3, -0.25) is 10.1 Å². The number of nitrogens with one attached hydrogen (secondary N) is 1. The van der Waals surface area contributed by atoms with Crippen LogP contribution in [0.3, 0.4) is 0 Å². The zero-order valence-corrected chi connectivity index (χ0v) is 9.64. The average molecular weight is 254 g/mol. The van der Waals surface area contributed by atoms with E-state index < -0.39 is 6.43 Å². The predicted molar refractivity (Wildman–Crippen MR) is 61.7 cm³/mol. The van der Waals surface area contributed by atoms with Crippen LogP contribution in [-0.2, 0) is 6.54 Å². The van der Waals surface area contributed by atoms with Crippen molar-refractivity contribution in [3.05, 3.63) is 24.0 Å². The molecule has 0 saturated heterocycles. The second-order valence-electron chi connectivity index (χ2n) is 3.48. The van der Waals surface area contributed by atoms with Crippen LogP contribution in [0.25, 0.3) is 11.4 Å². The third-order valence-electron chi connectivity index (χ3n) is 2.38. The molecule has 0 spiro atoms. The van der Waals surface area contributed by atoms with Gasteiger partial charge in [0.05, 0.1) is 11.4 Å². The lowest BCUT2D eigenvalue weighted by molar-refractivity contribution is 0.146. The maximum atomic E-state index is 12.7. The number of aryl methyl sites for hydroxylation is 1. The Kier molecular flexibility index (Phi) is 3.47. The topological polar surface area (TPSA) is 81.7 Å². The van der Waals surface area contributed by atoms with E-state index in [0.29, 0.717) is 17.9 Å². The molecule has 8 heteroatoms. The summed E-state index contributed by atoms with van der Waals surface area (Å²) in [7, 11) is 0. The van der Waals surface area contributed by atoms with Gasteiger partial charge in [0.15, 0.2) is 0 Å². The van der Waals surface area contributed by atoms with E-state index in [1.54, 1.807) is 16.9 Å². The highest BCUT2D eigenvalue weighted by atomic mass is 19.3. The fourth-order valence-corrected chi connectivity index (χ4v) is 1.58. The largest absolute Gasteiger partial charge is 0.292 e. The standard InChI is InChI=1S/C10H12F2N6/c1-2-18-8(3-4-14-18)6-5-7(9(11)12)16-10(15-6)17-13/h3-5,9H,2,13H2,1H3,(H,15,16,17). The van der Waals surface area contributed by atoms with Crippen molar-refractivity contribution in [1.82, 2.24) is 19.7 Å². The zero-order valence-electron chi connectivity index (χ0n) is 9.64. The summed E-state index contributed by atoms with van der Waals surface area (Å²) < 4.78 is 27.1. The van der Waals surface area contributed by atoms with E-state index in [-0.39, 0.29) is 11.6 Å². The molecule has 0 atom stereocenters. The molecule has 0 aliphatic carbocycles. The average Bonchev–Trinajstić information content (AvgIpc) is 2.86. The van der Waals surface area contributed by atoms with Crippen LogP contribution in [0.15, 0.2) is 18.3 Å². The molecule has 0 amide bonds. The number of alkyl halides is 2. The van der Waals surface area contributed by atoms with E-state index in [2.05, 4.69) is 20.5 Å². The molecule has 0 bridgehead atoms. The molecule has 0 aliphatic rings. The first kappa shape index (κ1) is 12.4. The van der Waals surface area contributed by atoms with Gasteiger partial charge in [-0.05, 0) is 19.1 Å². The molecule has 18 heavy (non-hydrogen) atoms. The summed E-state index contributed by atoms with van der Waals surface area (Å²) in [5, 5.41) is 4.06. The second kappa shape index (κ2) is 5.05. The molecule has 2 aromatic heterocycles. The van der Waals surface area contributed by atoms with Crippen molar-refractivity contribution in [3.63, 3.8) is 0 Å². The van der Waals surface area contributed by atoms with E-state index in [4.69, 9.17) is 5.84 Å². The summed E-state index contributed by atoms with van der Waals surface area (Å²) in [5.74, 6) is 5.12. The zero-order chi connectivity index (χ0) is 13.1. The van der Waals surface area contributed by atoms with Crippen molar-refractivity contribution in [3.8, 4) is 11.4 Å². The highest BCUT2D eigenvalue weighted by Gasteiger charge is 2.15. The molecule has 0 radical (unpaired) electrons. The number of hydrazine groups is 1. The molecule has 2 heterocycles. The molecule has 96 valence electrons. The molecule has 0 aromatic carbocycles. The summed E-state index contributed by atoms with van der Waals surface area (Å²) >= 11 is 0. The third kappa shape index (κ3) is 2.28. The molecule has 2 rings (SSSR count).